The van der Waals surface area contributed by atoms with Crippen molar-refractivity contribution in [2.75, 3.05) is 19.6 Å². The van der Waals surface area contributed by atoms with Crippen molar-refractivity contribution in [2.24, 2.45) is 5.92 Å². The lowest BCUT2D eigenvalue weighted by Crippen LogP contribution is -2.47. The van der Waals surface area contributed by atoms with Crippen molar-refractivity contribution < 1.29 is 9.21 Å². The Morgan fingerprint density at radius 1 is 1.45 bits per heavy atom. The highest BCUT2D eigenvalue weighted by atomic mass is 16.3. The number of hydrogen-bond acceptors (Lipinski definition) is 4. The highest BCUT2D eigenvalue weighted by molar-refractivity contribution is 5.95. The van der Waals surface area contributed by atoms with Crippen LogP contribution in [0.5, 0.6) is 0 Å². The van der Waals surface area contributed by atoms with Gasteiger partial charge in [-0.1, -0.05) is 6.92 Å². The largest absolute Gasteiger partial charge is 0.461 e. The second-order valence-corrected chi connectivity index (χ2v) is 6.49. The molecule has 3 unspecified atom stereocenters. The van der Waals surface area contributed by atoms with Gasteiger partial charge in [-0.05, 0) is 31.4 Å². The number of hydrogen-bond donors (Lipinski definition) is 1. The number of aromatic nitrogens is 1. The zero-order valence-electron chi connectivity index (χ0n) is 12.8. The second-order valence-electron chi connectivity index (χ2n) is 6.49. The van der Waals surface area contributed by atoms with Crippen molar-refractivity contribution in [3.8, 4) is 0 Å². The van der Waals surface area contributed by atoms with Crippen LogP contribution in [0.4, 0.5) is 0 Å². The fraction of sp³-hybridized carbons (Fsp3) is 0.529. The van der Waals surface area contributed by atoms with Crippen molar-refractivity contribution in [3.63, 3.8) is 0 Å². The van der Waals surface area contributed by atoms with Crippen molar-refractivity contribution >= 4 is 16.9 Å². The SMILES string of the molecule is CCc1cc2cnc(C(=O)NC3CC4CCN(C4)C3)cc2o1. The third kappa shape index (κ3) is 2.50. The number of fused-ring (bicyclic) bond motifs is 3. The Hall–Kier alpha value is -1.88. The fourth-order valence-corrected chi connectivity index (χ4v) is 3.71. The van der Waals surface area contributed by atoms with Gasteiger partial charge in [-0.15, -0.1) is 0 Å². The number of carbonyl (C=O) groups is 1. The standard InChI is InChI=1S/C17H21N3O2/c1-2-14-6-12-8-18-15(7-16(12)22-14)17(21)19-13-5-11-3-4-20(9-11)10-13/h6-8,11,13H,2-5,9-10H2,1H3,(H,19,21). The van der Waals surface area contributed by atoms with Crippen LogP contribution in [-0.4, -0.2) is 41.5 Å². The number of aryl methyl sites for hydroxylation is 1. The summed E-state index contributed by atoms with van der Waals surface area (Å²) in [6, 6.07) is 3.98. The zero-order valence-corrected chi connectivity index (χ0v) is 12.8. The monoisotopic (exact) mass is 299 g/mol. The van der Waals surface area contributed by atoms with Crippen molar-refractivity contribution in [1.29, 1.82) is 0 Å². The van der Waals surface area contributed by atoms with E-state index in [1.807, 2.05) is 13.0 Å². The van der Waals surface area contributed by atoms with Gasteiger partial charge in [0.25, 0.3) is 5.91 Å². The van der Waals surface area contributed by atoms with Crippen LogP contribution in [0.3, 0.4) is 0 Å². The van der Waals surface area contributed by atoms with Crippen LogP contribution in [0.15, 0.2) is 22.7 Å². The summed E-state index contributed by atoms with van der Waals surface area (Å²) in [5.41, 5.74) is 1.18. The lowest BCUT2D eigenvalue weighted by Gasteiger charge is -2.30. The molecule has 4 rings (SSSR count). The Morgan fingerprint density at radius 3 is 3.18 bits per heavy atom. The minimum absolute atomic E-state index is 0.0937. The number of carbonyl (C=O) groups excluding carboxylic acids is 1. The van der Waals surface area contributed by atoms with Gasteiger partial charge in [-0.3, -0.25) is 9.78 Å². The molecule has 2 bridgehead atoms. The minimum Gasteiger partial charge on any atom is -0.461 e. The first-order valence-corrected chi connectivity index (χ1v) is 8.13. The molecule has 0 spiro atoms. The van der Waals surface area contributed by atoms with Crippen LogP contribution in [0, 0.1) is 5.92 Å². The molecule has 116 valence electrons. The van der Waals surface area contributed by atoms with Crippen LogP contribution >= 0.6 is 0 Å². The van der Waals surface area contributed by atoms with Gasteiger partial charge < -0.3 is 14.6 Å². The highest BCUT2D eigenvalue weighted by Gasteiger charge is 2.33. The molecular weight excluding hydrogens is 278 g/mol. The summed E-state index contributed by atoms with van der Waals surface area (Å²) in [5.74, 6) is 1.57. The molecule has 1 amide bonds. The summed E-state index contributed by atoms with van der Waals surface area (Å²) in [6.07, 6.45) is 4.92. The molecular formula is C17H21N3O2. The Morgan fingerprint density at radius 2 is 2.36 bits per heavy atom. The molecule has 2 aromatic heterocycles. The van der Waals surface area contributed by atoms with E-state index in [0.717, 1.165) is 42.0 Å². The highest BCUT2D eigenvalue weighted by Crippen LogP contribution is 2.27. The predicted octanol–water partition coefficient (Wildman–Crippen LogP) is 2.21. The average molecular weight is 299 g/mol. The third-order valence-electron chi connectivity index (χ3n) is 4.84. The molecule has 0 aromatic carbocycles. The van der Waals surface area contributed by atoms with E-state index < -0.39 is 0 Å². The van der Waals surface area contributed by atoms with Gasteiger partial charge in [0, 0.05) is 43.2 Å². The van der Waals surface area contributed by atoms with Gasteiger partial charge in [-0.25, -0.2) is 0 Å². The first-order valence-electron chi connectivity index (χ1n) is 8.13. The molecule has 2 aromatic rings. The molecule has 4 heterocycles. The van der Waals surface area contributed by atoms with Crippen LogP contribution in [0.1, 0.15) is 36.0 Å². The van der Waals surface area contributed by atoms with Crippen LogP contribution in [0.25, 0.3) is 11.0 Å². The Balaban J connectivity index is 1.50. The quantitative estimate of drug-likeness (QED) is 0.944. The molecule has 2 saturated heterocycles. The van der Waals surface area contributed by atoms with Gasteiger partial charge >= 0.3 is 0 Å². The van der Waals surface area contributed by atoms with Crippen molar-refractivity contribution in [2.45, 2.75) is 32.2 Å². The number of furan rings is 1. The molecule has 22 heavy (non-hydrogen) atoms. The van der Waals surface area contributed by atoms with Crippen molar-refractivity contribution in [1.82, 2.24) is 15.2 Å². The first kappa shape index (κ1) is 13.8. The number of nitrogens with zero attached hydrogens (tertiary/aromatic N) is 2. The second kappa shape index (κ2) is 5.39. The molecule has 0 saturated carbocycles. The van der Waals surface area contributed by atoms with E-state index in [4.69, 9.17) is 4.42 Å². The number of piperidine rings is 1. The smallest absolute Gasteiger partial charge is 0.270 e. The summed E-state index contributed by atoms with van der Waals surface area (Å²) in [7, 11) is 0. The van der Waals surface area contributed by atoms with E-state index in [-0.39, 0.29) is 11.9 Å². The van der Waals surface area contributed by atoms with E-state index in [1.165, 1.54) is 19.5 Å². The van der Waals surface area contributed by atoms with E-state index >= 15 is 0 Å². The van der Waals surface area contributed by atoms with Crippen LogP contribution in [0.2, 0.25) is 0 Å². The van der Waals surface area contributed by atoms with Crippen molar-refractivity contribution in [3.05, 3.63) is 29.8 Å². The van der Waals surface area contributed by atoms with Crippen LogP contribution < -0.4 is 5.32 Å². The summed E-state index contributed by atoms with van der Waals surface area (Å²) >= 11 is 0. The van der Waals surface area contributed by atoms with E-state index in [9.17, 15) is 4.79 Å². The zero-order chi connectivity index (χ0) is 15.1. The summed E-state index contributed by atoms with van der Waals surface area (Å²) in [5, 5.41) is 4.09. The molecule has 0 aliphatic carbocycles. The molecule has 3 atom stereocenters. The summed E-state index contributed by atoms with van der Waals surface area (Å²) in [6.45, 7) is 5.38. The molecule has 5 nitrogen and oxygen atoms in total. The van der Waals surface area contributed by atoms with Crippen LogP contribution in [-0.2, 0) is 6.42 Å². The van der Waals surface area contributed by atoms with E-state index in [1.54, 1.807) is 12.3 Å². The third-order valence-corrected chi connectivity index (χ3v) is 4.84. The summed E-state index contributed by atoms with van der Waals surface area (Å²) in [4.78, 5) is 19.2. The minimum atomic E-state index is -0.0937. The van der Waals surface area contributed by atoms with Gasteiger partial charge in [0.1, 0.15) is 17.0 Å². The maximum absolute atomic E-state index is 12.4. The molecule has 2 fully saturated rings. The molecule has 1 N–H and O–H groups in total. The fourth-order valence-electron chi connectivity index (χ4n) is 3.71. The van der Waals surface area contributed by atoms with E-state index in [2.05, 4.69) is 15.2 Å². The van der Waals surface area contributed by atoms with E-state index in [0.29, 0.717) is 5.69 Å². The maximum Gasteiger partial charge on any atom is 0.270 e. The number of amides is 1. The van der Waals surface area contributed by atoms with Gasteiger partial charge in [0.15, 0.2) is 0 Å². The lowest BCUT2D eigenvalue weighted by atomic mass is 9.97. The molecule has 2 aliphatic heterocycles. The van der Waals surface area contributed by atoms with Gasteiger partial charge in [0.05, 0.1) is 0 Å². The predicted molar refractivity (Wildman–Crippen MR) is 83.8 cm³/mol. The normalized spacial score (nSPS) is 27.2. The Bertz CT molecular complexity index is 697. The number of pyridine rings is 1. The number of nitrogens with one attached hydrogen (secondary N) is 1. The Labute approximate surface area is 129 Å². The lowest BCUT2D eigenvalue weighted by molar-refractivity contribution is 0.0904. The van der Waals surface area contributed by atoms with Gasteiger partial charge in [0.2, 0.25) is 0 Å². The summed E-state index contributed by atoms with van der Waals surface area (Å²) < 4.78 is 5.71. The topological polar surface area (TPSA) is 58.4 Å². The molecule has 0 radical (unpaired) electrons. The molecule has 2 aliphatic rings. The first-order chi connectivity index (χ1) is 10.7. The average Bonchev–Trinajstić information content (AvgIpc) is 3.09. The molecule has 5 heteroatoms. The Kier molecular flexibility index (Phi) is 3.37. The van der Waals surface area contributed by atoms with Gasteiger partial charge in [-0.2, -0.15) is 0 Å². The number of rotatable bonds is 3. The maximum atomic E-state index is 12.4.